The Balaban J connectivity index is 1.67. The molecule has 0 saturated heterocycles. The van der Waals surface area contributed by atoms with Crippen LogP contribution in [-0.4, -0.2) is 21.0 Å². The van der Waals surface area contributed by atoms with E-state index in [1.54, 1.807) is 31.3 Å². The topological polar surface area (TPSA) is 101 Å². The monoisotopic (exact) mass is 470 g/mol. The van der Waals surface area contributed by atoms with Crippen LogP contribution in [0.4, 0.5) is 14.6 Å². The molecule has 0 radical (unpaired) electrons. The summed E-state index contributed by atoms with van der Waals surface area (Å²) in [7, 11) is 0. The number of nitrogen functional groups attached to an aromatic ring is 1. The van der Waals surface area contributed by atoms with E-state index in [1.165, 1.54) is 36.4 Å². The number of aromatic nitrogens is 2. The van der Waals surface area contributed by atoms with Crippen LogP contribution in [0.15, 0.2) is 72.9 Å². The predicted octanol–water partition coefficient (Wildman–Crippen LogP) is 4.27. The Labute approximate surface area is 200 Å². The van der Waals surface area contributed by atoms with Crippen molar-refractivity contribution < 1.29 is 18.7 Å². The molecule has 35 heavy (non-hydrogen) atoms. The zero-order valence-corrected chi connectivity index (χ0v) is 18.6. The molecule has 0 unspecified atom stereocenters. The molecule has 0 fully saturated rings. The second kappa shape index (κ2) is 10.0. The van der Waals surface area contributed by atoms with E-state index in [9.17, 15) is 18.7 Å². The van der Waals surface area contributed by atoms with Gasteiger partial charge in [-0.2, -0.15) is 0 Å². The van der Waals surface area contributed by atoms with Crippen LogP contribution in [0.25, 0.3) is 0 Å². The third-order valence-corrected chi connectivity index (χ3v) is 5.10. The summed E-state index contributed by atoms with van der Waals surface area (Å²) in [6, 6.07) is 14.4. The van der Waals surface area contributed by atoms with Crippen LogP contribution in [0.3, 0.4) is 0 Å². The van der Waals surface area contributed by atoms with E-state index in [2.05, 4.69) is 27.1 Å². The van der Waals surface area contributed by atoms with Gasteiger partial charge in [-0.1, -0.05) is 24.0 Å². The van der Waals surface area contributed by atoms with Gasteiger partial charge < -0.3 is 16.2 Å². The van der Waals surface area contributed by atoms with Crippen molar-refractivity contribution in [1.29, 1.82) is 0 Å². The molecule has 0 aliphatic heterocycles. The largest absolute Gasteiger partial charge is 0.508 e. The number of nitrogens with one attached hydrogen (secondary N) is 1. The minimum Gasteiger partial charge on any atom is -0.508 e. The zero-order valence-electron chi connectivity index (χ0n) is 18.6. The van der Waals surface area contributed by atoms with Crippen LogP contribution in [0.1, 0.15) is 44.5 Å². The zero-order chi connectivity index (χ0) is 24.9. The number of halogens is 2. The number of carbonyl (C=O) groups excluding carboxylic acids is 1. The highest BCUT2D eigenvalue weighted by atomic mass is 19.1. The quantitative estimate of drug-likeness (QED) is 0.387. The molecule has 174 valence electrons. The van der Waals surface area contributed by atoms with Crippen molar-refractivity contribution in [1.82, 2.24) is 15.3 Å². The molecule has 8 heteroatoms. The standard InChI is InChI=1S/C27H20F2N4O2/c1-16-12-18(3-2-17-4-11-25(30)31-15-17)13-23(32-16)27(35)33-26(19-5-7-20(28)8-6-19)22-14-21(29)9-10-24(22)34/h4-15,26,34H,1H3,(H2,30,31)(H,33,35)/t26-/m0/s1. The molecule has 1 atom stereocenters. The number of benzene rings is 2. The van der Waals surface area contributed by atoms with Crippen LogP contribution in [0, 0.1) is 30.4 Å². The van der Waals surface area contributed by atoms with E-state index < -0.39 is 23.6 Å². The lowest BCUT2D eigenvalue weighted by Crippen LogP contribution is -2.30. The number of phenolic OH excluding ortho intramolecular Hbond substituents is 1. The highest BCUT2D eigenvalue weighted by Gasteiger charge is 2.22. The van der Waals surface area contributed by atoms with E-state index in [0.717, 1.165) is 12.1 Å². The molecule has 4 N–H and O–H groups in total. The summed E-state index contributed by atoms with van der Waals surface area (Å²) < 4.78 is 27.5. The molecule has 2 aromatic heterocycles. The highest BCUT2D eigenvalue weighted by molar-refractivity contribution is 5.93. The molecule has 1 amide bonds. The maximum atomic E-state index is 14.0. The molecule has 0 saturated carbocycles. The normalized spacial score (nSPS) is 11.3. The van der Waals surface area contributed by atoms with Crippen molar-refractivity contribution in [2.75, 3.05) is 5.73 Å². The third kappa shape index (κ3) is 5.78. The van der Waals surface area contributed by atoms with Crippen molar-refractivity contribution >= 4 is 11.7 Å². The van der Waals surface area contributed by atoms with Gasteiger partial charge in [0.25, 0.3) is 5.91 Å². The number of aryl methyl sites for hydroxylation is 1. The summed E-state index contributed by atoms with van der Waals surface area (Å²) in [5.41, 5.74) is 7.99. The summed E-state index contributed by atoms with van der Waals surface area (Å²) in [5.74, 6) is 4.45. The van der Waals surface area contributed by atoms with Crippen molar-refractivity contribution in [2.24, 2.45) is 0 Å². The third-order valence-electron chi connectivity index (χ3n) is 5.10. The van der Waals surface area contributed by atoms with Gasteiger partial charge in [-0.15, -0.1) is 0 Å². The predicted molar refractivity (Wildman–Crippen MR) is 127 cm³/mol. The second-order valence-electron chi connectivity index (χ2n) is 7.77. The van der Waals surface area contributed by atoms with E-state index >= 15 is 0 Å². The number of nitrogens with two attached hydrogens (primary N) is 1. The van der Waals surface area contributed by atoms with Crippen LogP contribution in [0.2, 0.25) is 0 Å². The summed E-state index contributed by atoms with van der Waals surface area (Å²) in [4.78, 5) is 21.5. The maximum absolute atomic E-state index is 14.0. The number of anilines is 1. The van der Waals surface area contributed by atoms with Crippen LogP contribution in [0.5, 0.6) is 5.75 Å². The minimum absolute atomic E-state index is 0.0766. The molecular formula is C27H20F2N4O2. The molecule has 0 aliphatic carbocycles. The number of rotatable bonds is 4. The Morgan fingerprint density at radius 3 is 2.40 bits per heavy atom. The Morgan fingerprint density at radius 1 is 0.971 bits per heavy atom. The van der Waals surface area contributed by atoms with Gasteiger partial charge in [0, 0.05) is 28.6 Å². The summed E-state index contributed by atoms with van der Waals surface area (Å²) in [6.45, 7) is 1.72. The average molecular weight is 470 g/mol. The van der Waals surface area contributed by atoms with E-state index in [0.29, 0.717) is 28.2 Å². The SMILES string of the molecule is Cc1cc(C#Cc2ccc(N)nc2)cc(C(=O)N[C@@H](c2ccc(F)cc2)c2cc(F)ccc2O)n1. The molecule has 4 rings (SSSR count). The van der Waals surface area contributed by atoms with Gasteiger partial charge >= 0.3 is 0 Å². The fourth-order valence-electron chi connectivity index (χ4n) is 3.44. The first-order valence-corrected chi connectivity index (χ1v) is 10.6. The van der Waals surface area contributed by atoms with Gasteiger partial charge in [-0.3, -0.25) is 4.79 Å². The Bertz CT molecular complexity index is 1440. The number of pyridine rings is 2. The Hall–Kier alpha value is -4.77. The van der Waals surface area contributed by atoms with Crippen LogP contribution >= 0.6 is 0 Å². The number of amides is 1. The number of hydrogen-bond acceptors (Lipinski definition) is 5. The number of nitrogens with zero attached hydrogens (tertiary/aromatic N) is 2. The summed E-state index contributed by atoms with van der Waals surface area (Å²) >= 11 is 0. The van der Waals surface area contributed by atoms with Gasteiger partial charge in [0.2, 0.25) is 0 Å². The fraction of sp³-hybridized carbons (Fsp3) is 0.0741. The molecular weight excluding hydrogens is 450 g/mol. The average Bonchev–Trinajstić information content (AvgIpc) is 2.84. The van der Waals surface area contributed by atoms with Gasteiger partial charge in [0.15, 0.2) is 0 Å². The second-order valence-corrected chi connectivity index (χ2v) is 7.77. The Morgan fingerprint density at radius 2 is 1.69 bits per heavy atom. The number of hydrogen-bond donors (Lipinski definition) is 3. The summed E-state index contributed by atoms with van der Waals surface area (Å²) in [6.07, 6.45) is 1.54. The van der Waals surface area contributed by atoms with Crippen LogP contribution < -0.4 is 11.1 Å². The molecule has 2 aromatic carbocycles. The Kier molecular flexibility index (Phi) is 6.69. The van der Waals surface area contributed by atoms with Gasteiger partial charge in [0.05, 0.1) is 6.04 Å². The van der Waals surface area contributed by atoms with E-state index in [1.807, 2.05) is 0 Å². The number of phenols is 1. The van der Waals surface area contributed by atoms with Crippen molar-refractivity contribution in [3.05, 3.63) is 118 Å². The van der Waals surface area contributed by atoms with Crippen molar-refractivity contribution in [2.45, 2.75) is 13.0 Å². The number of aromatic hydroxyl groups is 1. The lowest BCUT2D eigenvalue weighted by atomic mass is 9.97. The van der Waals surface area contributed by atoms with Gasteiger partial charge in [-0.25, -0.2) is 18.7 Å². The van der Waals surface area contributed by atoms with E-state index in [4.69, 9.17) is 5.73 Å². The molecule has 6 nitrogen and oxygen atoms in total. The van der Waals surface area contributed by atoms with Gasteiger partial charge in [-0.05, 0) is 67.1 Å². The van der Waals surface area contributed by atoms with Gasteiger partial charge in [0.1, 0.15) is 28.9 Å². The first kappa shape index (κ1) is 23.4. The highest BCUT2D eigenvalue weighted by Crippen LogP contribution is 2.30. The molecule has 0 aliphatic rings. The fourth-order valence-corrected chi connectivity index (χ4v) is 3.44. The smallest absolute Gasteiger partial charge is 0.270 e. The van der Waals surface area contributed by atoms with Crippen molar-refractivity contribution in [3.63, 3.8) is 0 Å². The molecule has 2 heterocycles. The molecule has 4 aromatic rings. The van der Waals surface area contributed by atoms with E-state index in [-0.39, 0.29) is 17.0 Å². The molecule has 0 spiro atoms. The minimum atomic E-state index is -0.962. The lowest BCUT2D eigenvalue weighted by molar-refractivity contribution is 0.0937. The molecule has 0 bridgehead atoms. The van der Waals surface area contributed by atoms with Crippen LogP contribution in [-0.2, 0) is 0 Å². The maximum Gasteiger partial charge on any atom is 0.270 e. The number of carbonyl (C=O) groups is 1. The first-order valence-electron chi connectivity index (χ1n) is 10.6. The van der Waals surface area contributed by atoms with Crippen molar-refractivity contribution in [3.8, 4) is 17.6 Å². The lowest BCUT2D eigenvalue weighted by Gasteiger charge is -2.21. The summed E-state index contributed by atoms with van der Waals surface area (Å²) in [5, 5.41) is 13.1. The first-order chi connectivity index (χ1) is 16.8.